The molecule has 2 aromatic carbocycles. The summed E-state index contributed by atoms with van der Waals surface area (Å²) >= 11 is 0. The van der Waals surface area contributed by atoms with Gasteiger partial charge in [-0.05, 0) is 50.2 Å². The number of anilines is 2. The summed E-state index contributed by atoms with van der Waals surface area (Å²) in [5.41, 5.74) is 2.74. The summed E-state index contributed by atoms with van der Waals surface area (Å²) in [5, 5.41) is 9.26. The van der Waals surface area contributed by atoms with Crippen LogP contribution in [-0.2, 0) is 6.54 Å². The fourth-order valence-corrected chi connectivity index (χ4v) is 2.76. The lowest BCUT2D eigenvalue weighted by atomic mass is 10.1. The van der Waals surface area contributed by atoms with Crippen LogP contribution in [0.1, 0.15) is 27.4 Å². The van der Waals surface area contributed by atoms with E-state index >= 15 is 0 Å². The summed E-state index contributed by atoms with van der Waals surface area (Å²) in [6.07, 6.45) is 0. The Balaban J connectivity index is 1.65. The molecule has 29 heavy (non-hydrogen) atoms. The summed E-state index contributed by atoms with van der Waals surface area (Å²) in [6, 6.07) is 11.8. The van der Waals surface area contributed by atoms with Crippen molar-refractivity contribution in [3.63, 3.8) is 0 Å². The Kier molecular flexibility index (Phi) is 5.92. The Labute approximate surface area is 167 Å². The molecule has 150 valence electrons. The summed E-state index contributed by atoms with van der Waals surface area (Å²) in [7, 11) is 1.65. The Morgan fingerprint density at radius 1 is 1.07 bits per heavy atom. The molecule has 0 fully saturated rings. The highest BCUT2D eigenvalue weighted by molar-refractivity contribution is 6.05. The minimum absolute atomic E-state index is 0.334. The van der Waals surface area contributed by atoms with Gasteiger partial charge in [-0.25, -0.2) is 9.18 Å². The van der Waals surface area contributed by atoms with Gasteiger partial charge in [0, 0.05) is 29.5 Å². The molecule has 0 saturated carbocycles. The molecule has 8 heteroatoms. The molecule has 0 aliphatic carbocycles. The van der Waals surface area contributed by atoms with Crippen LogP contribution in [-0.4, -0.2) is 29.0 Å². The van der Waals surface area contributed by atoms with Gasteiger partial charge in [-0.3, -0.25) is 4.79 Å². The van der Waals surface area contributed by atoms with Crippen LogP contribution in [0.15, 0.2) is 53.1 Å². The second-order valence-corrected chi connectivity index (χ2v) is 6.63. The van der Waals surface area contributed by atoms with Crippen molar-refractivity contribution in [3.8, 4) is 0 Å². The van der Waals surface area contributed by atoms with E-state index in [2.05, 4.69) is 15.8 Å². The van der Waals surface area contributed by atoms with E-state index in [1.54, 1.807) is 44.3 Å². The Bertz CT molecular complexity index is 1030. The van der Waals surface area contributed by atoms with Gasteiger partial charge in [0.1, 0.15) is 11.6 Å². The van der Waals surface area contributed by atoms with Crippen molar-refractivity contribution in [2.45, 2.75) is 20.4 Å². The lowest BCUT2D eigenvalue weighted by Crippen LogP contribution is -2.31. The predicted molar refractivity (Wildman–Crippen MR) is 107 cm³/mol. The number of hydrogen-bond acceptors (Lipinski definition) is 4. The number of halogens is 1. The molecule has 7 nitrogen and oxygen atoms in total. The van der Waals surface area contributed by atoms with Crippen molar-refractivity contribution >= 4 is 23.3 Å². The van der Waals surface area contributed by atoms with Crippen LogP contribution in [0, 0.1) is 19.7 Å². The van der Waals surface area contributed by atoms with Crippen molar-refractivity contribution in [2.24, 2.45) is 0 Å². The van der Waals surface area contributed by atoms with Crippen LogP contribution in [0.4, 0.5) is 20.6 Å². The molecule has 3 aromatic rings. The minimum Gasteiger partial charge on any atom is -0.361 e. The number of carbonyl (C=O) groups is 2. The van der Waals surface area contributed by atoms with Gasteiger partial charge in [-0.1, -0.05) is 17.3 Å². The van der Waals surface area contributed by atoms with Gasteiger partial charge in [-0.2, -0.15) is 0 Å². The summed E-state index contributed by atoms with van der Waals surface area (Å²) in [4.78, 5) is 26.4. The zero-order valence-electron chi connectivity index (χ0n) is 16.3. The molecule has 1 aromatic heterocycles. The fourth-order valence-electron chi connectivity index (χ4n) is 2.76. The highest BCUT2D eigenvalue weighted by atomic mass is 19.1. The molecule has 0 spiro atoms. The first-order valence-electron chi connectivity index (χ1n) is 8.94. The third-order valence-electron chi connectivity index (χ3n) is 4.38. The zero-order chi connectivity index (χ0) is 21.0. The molecule has 3 amide bonds. The van der Waals surface area contributed by atoms with Gasteiger partial charge in [-0.15, -0.1) is 0 Å². The molecule has 1 heterocycles. The lowest BCUT2D eigenvalue weighted by Gasteiger charge is -2.18. The number of amides is 3. The van der Waals surface area contributed by atoms with Crippen LogP contribution in [0.2, 0.25) is 0 Å². The normalized spacial score (nSPS) is 10.5. The zero-order valence-corrected chi connectivity index (χ0v) is 16.3. The highest BCUT2D eigenvalue weighted by Gasteiger charge is 2.16. The summed E-state index contributed by atoms with van der Waals surface area (Å²) in [5.74, 6) is -0.181. The SMILES string of the molecule is Cc1noc(C)c1CN(C)C(=O)Nc1cccc(C(=O)Nc2cccc(F)c2)c1. The average Bonchev–Trinajstić information content (AvgIpc) is 3.00. The Hall–Kier alpha value is -3.68. The molecule has 2 N–H and O–H groups in total. The first-order chi connectivity index (χ1) is 13.8. The van der Waals surface area contributed by atoms with E-state index in [1.165, 1.54) is 23.1 Å². The van der Waals surface area contributed by atoms with E-state index in [-0.39, 0.29) is 6.03 Å². The van der Waals surface area contributed by atoms with Gasteiger partial charge in [0.2, 0.25) is 0 Å². The molecule has 0 bridgehead atoms. The monoisotopic (exact) mass is 396 g/mol. The smallest absolute Gasteiger partial charge is 0.321 e. The average molecular weight is 396 g/mol. The van der Waals surface area contributed by atoms with E-state index in [9.17, 15) is 14.0 Å². The van der Waals surface area contributed by atoms with Crippen LogP contribution < -0.4 is 10.6 Å². The predicted octanol–water partition coefficient (Wildman–Crippen LogP) is 4.35. The number of carbonyl (C=O) groups excluding carboxylic acids is 2. The van der Waals surface area contributed by atoms with Crippen molar-refractivity contribution in [3.05, 3.63) is 76.9 Å². The third kappa shape index (κ3) is 4.98. The van der Waals surface area contributed by atoms with Crippen LogP contribution in [0.3, 0.4) is 0 Å². The van der Waals surface area contributed by atoms with Crippen LogP contribution in [0.5, 0.6) is 0 Å². The van der Waals surface area contributed by atoms with Crippen molar-refractivity contribution in [1.82, 2.24) is 10.1 Å². The van der Waals surface area contributed by atoms with Gasteiger partial charge < -0.3 is 20.1 Å². The Morgan fingerprint density at radius 2 is 1.76 bits per heavy atom. The maximum Gasteiger partial charge on any atom is 0.321 e. The Morgan fingerprint density at radius 3 is 2.41 bits per heavy atom. The number of rotatable bonds is 5. The molecule has 0 unspecified atom stereocenters. The van der Waals surface area contributed by atoms with E-state index in [1.807, 2.05) is 6.92 Å². The summed E-state index contributed by atoms with van der Waals surface area (Å²) < 4.78 is 18.4. The molecular weight excluding hydrogens is 375 g/mol. The first-order valence-corrected chi connectivity index (χ1v) is 8.94. The van der Waals surface area contributed by atoms with E-state index in [0.29, 0.717) is 29.2 Å². The topological polar surface area (TPSA) is 87.5 Å². The standard InChI is InChI=1S/C21H21FN4O3/c1-13-19(14(2)29-25-13)12-26(3)21(28)24-17-8-4-6-15(10-17)20(27)23-18-9-5-7-16(22)11-18/h4-11H,12H2,1-3H3,(H,23,27)(H,24,28). The molecule has 0 aliphatic rings. The first kappa shape index (κ1) is 20.1. The highest BCUT2D eigenvalue weighted by Crippen LogP contribution is 2.17. The van der Waals surface area contributed by atoms with Crippen molar-refractivity contribution < 1.29 is 18.5 Å². The van der Waals surface area contributed by atoms with E-state index < -0.39 is 11.7 Å². The quantitative estimate of drug-likeness (QED) is 0.671. The minimum atomic E-state index is -0.440. The van der Waals surface area contributed by atoms with Gasteiger partial charge >= 0.3 is 6.03 Å². The van der Waals surface area contributed by atoms with Crippen molar-refractivity contribution in [2.75, 3.05) is 17.7 Å². The molecule has 0 aliphatic heterocycles. The largest absolute Gasteiger partial charge is 0.361 e. The van der Waals surface area contributed by atoms with Crippen LogP contribution >= 0.6 is 0 Å². The van der Waals surface area contributed by atoms with E-state index in [0.717, 1.165) is 11.3 Å². The third-order valence-corrected chi connectivity index (χ3v) is 4.38. The lowest BCUT2D eigenvalue weighted by molar-refractivity contribution is 0.102. The fraction of sp³-hybridized carbons (Fsp3) is 0.190. The second kappa shape index (κ2) is 8.55. The maximum atomic E-state index is 13.3. The van der Waals surface area contributed by atoms with Gasteiger partial charge in [0.05, 0.1) is 12.2 Å². The summed E-state index contributed by atoms with van der Waals surface area (Å²) in [6.45, 7) is 3.95. The molecular formula is C21H21FN4O3. The number of aromatic nitrogens is 1. The van der Waals surface area contributed by atoms with Gasteiger partial charge in [0.25, 0.3) is 5.91 Å². The number of benzene rings is 2. The number of urea groups is 1. The van der Waals surface area contributed by atoms with Crippen molar-refractivity contribution in [1.29, 1.82) is 0 Å². The van der Waals surface area contributed by atoms with E-state index in [4.69, 9.17) is 4.52 Å². The van der Waals surface area contributed by atoms with Gasteiger partial charge in [0.15, 0.2) is 0 Å². The number of aryl methyl sites for hydroxylation is 2. The molecule has 0 atom stereocenters. The number of nitrogens with zero attached hydrogens (tertiary/aromatic N) is 2. The maximum absolute atomic E-state index is 13.3. The molecule has 3 rings (SSSR count). The van der Waals surface area contributed by atoms with Crippen LogP contribution in [0.25, 0.3) is 0 Å². The molecule has 0 saturated heterocycles. The molecule has 0 radical (unpaired) electrons. The number of hydrogen-bond donors (Lipinski definition) is 2. The second-order valence-electron chi connectivity index (χ2n) is 6.63. The number of nitrogens with one attached hydrogen (secondary N) is 2.